The number of Topliss-reactive ketones (excluding diaryl/α,β-unsaturated/α-hetero) is 2. The molecule has 1 atom stereocenters. The maximum atomic E-state index is 12.5. The van der Waals surface area contributed by atoms with Gasteiger partial charge in [-0.2, -0.15) is 5.26 Å². The van der Waals surface area contributed by atoms with Gasteiger partial charge in [-0.25, -0.2) is 0 Å². The Bertz CT molecular complexity index is 770. The lowest BCUT2D eigenvalue weighted by molar-refractivity contribution is 0.0972. The summed E-state index contributed by atoms with van der Waals surface area (Å²) in [5.74, 6) is -0.427. The van der Waals surface area contributed by atoms with E-state index in [-0.39, 0.29) is 18.0 Å². The van der Waals surface area contributed by atoms with Crippen LogP contribution in [0.15, 0.2) is 46.0 Å². The van der Waals surface area contributed by atoms with Gasteiger partial charge in [0.1, 0.15) is 5.54 Å². The van der Waals surface area contributed by atoms with Crippen molar-refractivity contribution >= 4 is 27.5 Å². The van der Waals surface area contributed by atoms with Crippen molar-refractivity contribution in [1.82, 2.24) is 0 Å². The summed E-state index contributed by atoms with van der Waals surface area (Å²) in [6.07, 6.45) is 1.53. The number of allylic oxidation sites excluding steroid dienone is 2. The van der Waals surface area contributed by atoms with Crippen LogP contribution in [0.2, 0.25) is 0 Å². The van der Waals surface area contributed by atoms with Gasteiger partial charge in [-0.1, -0.05) is 40.2 Å². The minimum atomic E-state index is -1.29. The topological polar surface area (TPSA) is 83.9 Å². The van der Waals surface area contributed by atoms with Crippen molar-refractivity contribution < 1.29 is 9.59 Å². The molecule has 0 aliphatic heterocycles. The van der Waals surface area contributed by atoms with E-state index in [0.717, 1.165) is 0 Å². The van der Waals surface area contributed by atoms with Crippen molar-refractivity contribution in [2.45, 2.75) is 12.0 Å². The number of nitrogens with zero attached hydrogens (tertiary/aromatic N) is 1. The van der Waals surface area contributed by atoms with E-state index in [4.69, 9.17) is 5.73 Å². The average Bonchev–Trinajstić information content (AvgIpc) is 2.47. The highest BCUT2D eigenvalue weighted by Gasteiger charge is 2.41. The van der Waals surface area contributed by atoms with Gasteiger partial charge in [0.25, 0.3) is 0 Å². The zero-order chi connectivity index (χ0) is 14.5. The van der Waals surface area contributed by atoms with Crippen LogP contribution in [0.4, 0.5) is 0 Å². The Balaban J connectivity index is 2.22. The predicted molar refractivity (Wildman–Crippen MR) is 76.3 cm³/mol. The summed E-state index contributed by atoms with van der Waals surface area (Å²) in [7, 11) is 0. The Morgan fingerprint density at radius 2 is 1.80 bits per heavy atom. The van der Waals surface area contributed by atoms with Gasteiger partial charge >= 0.3 is 0 Å². The first-order valence-electron chi connectivity index (χ1n) is 5.97. The maximum absolute atomic E-state index is 12.5. The number of hydrogen-bond donors (Lipinski definition) is 1. The summed E-state index contributed by atoms with van der Waals surface area (Å²) in [5, 5.41) is 9.19. The number of fused-ring (bicyclic) bond motifs is 1. The van der Waals surface area contributed by atoms with Crippen LogP contribution in [-0.4, -0.2) is 17.1 Å². The molecule has 0 bridgehead atoms. The van der Waals surface area contributed by atoms with Crippen LogP contribution in [0.5, 0.6) is 0 Å². The van der Waals surface area contributed by atoms with Crippen molar-refractivity contribution in [1.29, 1.82) is 5.26 Å². The second-order valence-corrected chi connectivity index (χ2v) is 5.70. The monoisotopic (exact) mass is 328 g/mol. The van der Waals surface area contributed by atoms with E-state index in [9.17, 15) is 14.9 Å². The third-order valence-electron chi connectivity index (χ3n) is 3.61. The number of carbonyl (C=O) groups excluding carboxylic acids is 2. The molecule has 0 aromatic heterocycles. The van der Waals surface area contributed by atoms with Gasteiger partial charge in [0, 0.05) is 33.2 Å². The van der Waals surface area contributed by atoms with E-state index in [1.54, 1.807) is 24.3 Å². The van der Waals surface area contributed by atoms with E-state index >= 15 is 0 Å². The van der Waals surface area contributed by atoms with Crippen LogP contribution < -0.4 is 5.73 Å². The zero-order valence-electron chi connectivity index (χ0n) is 10.3. The summed E-state index contributed by atoms with van der Waals surface area (Å²) in [6.45, 7) is 0. The average molecular weight is 329 g/mol. The fraction of sp³-hybridized carbons (Fsp3) is 0.133. The van der Waals surface area contributed by atoms with E-state index < -0.39 is 5.54 Å². The third-order valence-corrected chi connectivity index (χ3v) is 4.55. The van der Waals surface area contributed by atoms with Gasteiger partial charge in [0.05, 0.1) is 6.07 Å². The van der Waals surface area contributed by atoms with E-state index in [1.807, 2.05) is 6.07 Å². The Labute approximate surface area is 123 Å². The first-order valence-corrected chi connectivity index (χ1v) is 6.76. The molecule has 2 N–H and O–H groups in total. The maximum Gasteiger partial charge on any atom is 0.194 e. The second kappa shape index (κ2) is 4.23. The fourth-order valence-corrected chi connectivity index (χ4v) is 2.94. The van der Waals surface area contributed by atoms with Crippen LogP contribution in [0.3, 0.4) is 0 Å². The molecule has 0 heterocycles. The smallest absolute Gasteiger partial charge is 0.194 e. The first-order chi connectivity index (χ1) is 9.48. The highest BCUT2D eigenvalue weighted by molar-refractivity contribution is 9.11. The van der Waals surface area contributed by atoms with Gasteiger partial charge in [-0.15, -0.1) is 0 Å². The van der Waals surface area contributed by atoms with Crippen LogP contribution in [-0.2, 0) is 0 Å². The number of halogens is 1. The number of hydrogen-bond acceptors (Lipinski definition) is 4. The molecule has 2 aliphatic carbocycles. The summed E-state index contributed by atoms with van der Waals surface area (Å²) >= 11 is 3.24. The molecular weight excluding hydrogens is 320 g/mol. The van der Waals surface area contributed by atoms with Crippen molar-refractivity contribution in [2.75, 3.05) is 0 Å². The lowest BCUT2D eigenvalue weighted by atomic mass is 9.75. The first kappa shape index (κ1) is 13.0. The van der Waals surface area contributed by atoms with E-state index in [2.05, 4.69) is 15.9 Å². The molecule has 3 rings (SSSR count). The van der Waals surface area contributed by atoms with Crippen LogP contribution in [0.1, 0.15) is 27.1 Å². The Morgan fingerprint density at radius 1 is 1.20 bits per heavy atom. The van der Waals surface area contributed by atoms with Gasteiger partial charge in [0.15, 0.2) is 11.6 Å². The lowest BCUT2D eigenvalue weighted by Crippen LogP contribution is -2.43. The molecule has 20 heavy (non-hydrogen) atoms. The van der Waals surface area contributed by atoms with Crippen LogP contribution in [0, 0.1) is 11.3 Å². The van der Waals surface area contributed by atoms with Gasteiger partial charge < -0.3 is 5.73 Å². The molecular formula is C15H9BrN2O2. The third kappa shape index (κ3) is 1.62. The number of rotatable bonds is 0. The highest BCUT2D eigenvalue weighted by Crippen LogP contribution is 2.39. The number of carbonyl (C=O) groups is 2. The van der Waals surface area contributed by atoms with E-state index in [1.165, 1.54) is 6.08 Å². The van der Waals surface area contributed by atoms with Gasteiger partial charge in [-0.3, -0.25) is 9.59 Å². The van der Waals surface area contributed by atoms with Crippen LogP contribution in [0.25, 0.3) is 0 Å². The predicted octanol–water partition coefficient (Wildman–Crippen LogP) is 2.27. The molecule has 0 fully saturated rings. The van der Waals surface area contributed by atoms with Crippen LogP contribution >= 0.6 is 15.9 Å². The molecule has 1 aromatic carbocycles. The minimum Gasteiger partial charge on any atom is -0.309 e. The molecule has 0 saturated heterocycles. The van der Waals surface area contributed by atoms with E-state index in [0.29, 0.717) is 26.8 Å². The number of benzene rings is 1. The van der Waals surface area contributed by atoms with Crippen molar-refractivity contribution in [3.05, 3.63) is 57.1 Å². The number of ketones is 2. The minimum absolute atomic E-state index is 0.0365. The fourth-order valence-electron chi connectivity index (χ4n) is 2.49. The Morgan fingerprint density at radius 3 is 2.40 bits per heavy atom. The highest BCUT2D eigenvalue weighted by atomic mass is 79.9. The molecule has 1 aromatic rings. The Kier molecular flexibility index (Phi) is 2.75. The van der Waals surface area contributed by atoms with Crippen molar-refractivity contribution in [3.63, 3.8) is 0 Å². The largest absolute Gasteiger partial charge is 0.309 e. The molecule has 0 saturated carbocycles. The van der Waals surface area contributed by atoms with Gasteiger partial charge in [-0.05, 0) is 6.08 Å². The molecule has 0 amide bonds. The number of nitriles is 1. The summed E-state index contributed by atoms with van der Waals surface area (Å²) in [5.41, 5.74) is 6.10. The molecule has 4 nitrogen and oxygen atoms in total. The Hall–Kier alpha value is -2.03. The zero-order valence-corrected chi connectivity index (χ0v) is 11.9. The summed E-state index contributed by atoms with van der Waals surface area (Å²) in [6, 6.07) is 8.68. The summed E-state index contributed by atoms with van der Waals surface area (Å²) in [4.78, 5) is 24.9. The molecule has 2 aliphatic rings. The SMILES string of the molecule is N#CC1(N)CC2=C(C=C1Br)C(=O)c1ccccc1C2=O. The normalized spacial score (nSPS) is 24.8. The lowest BCUT2D eigenvalue weighted by Gasteiger charge is -2.30. The summed E-state index contributed by atoms with van der Waals surface area (Å²) < 4.78 is 0.423. The van der Waals surface area contributed by atoms with Crippen molar-refractivity contribution in [3.8, 4) is 6.07 Å². The van der Waals surface area contributed by atoms with Gasteiger partial charge in [0.2, 0.25) is 0 Å². The molecule has 0 spiro atoms. The molecule has 5 heteroatoms. The second-order valence-electron chi connectivity index (χ2n) is 4.85. The number of nitrogens with two attached hydrogens (primary N) is 1. The quantitative estimate of drug-likeness (QED) is 0.791. The van der Waals surface area contributed by atoms with Crippen molar-refractivity contribution in [2.24, 2.45) is 5.73 Å². The molecule has 0 radical (unpaired) electrons. The molecule has 98 valence electrons. The molecule has 1 unspecified atom stereocenters. The standard InChI is InChI=1S/C15H9BrN2O2/c16-12-5-10-11(6-15(12,18)7-17)14(20)9-4-2-1-3-8(9)13(10)19/h1-5H,6,18H2.